The highest BCUT2D eigenvalue weighted by Gasteiger charge is 2.08. The zero-order chi connectivity index (χ0) is 10.1. The van der Waals surface area contributed by atoms with Gasteiger partial charge in [0, 0.05) is 6.20 Å². The Bertz CT molecular complexity index is 493. The van der Waals surface area contributed by atoms with Gasteiger partial charge in [-0.1, -0.05) is 0 Å². The average Bonchev–Trinajstić information content (AvgIpc) is 2.55. The van der Waals surface area contributed by atoms with Crippen molar-refractivity contribution in [1.82, 2.24) is 9.97 Å². The third kappa shape index (κ3) is 1.46. The van der Waals surface area contributed by atoms with Crippen LogP contribution in [-0.2, 0) is 4.74 Å². The number of aryl methyl sites for hydroxylation is 1. The Kier molecular flexibility index (Phi) is 2.17. The van der Waals surface area contributed by atoms with Crippen molar-refractivity contribution in [1.29, 1.82) is 0 Å². The Hall–Kier alpha value is -1.49. The van der Waals surface area contributed by atoms with Crippen LogP contribution >= 0.6 is 11.3 Å². The van der Waals surface area contributed by atoms with Crippen LogP contribution in [0.15, 0.2) is 12.3 Å². The number of nitrogens with zero attached hydrogens (tertiary/aromatic N) is 2. The second kappa shape index (κ2) is 3.34. The molecule has 0 saturated carbocycles. The maximum atomic E-state index is 11.2. The molecule has 5 heteroatoms. The molecular formula is C9H8N2O2S. The summed E-state index contributed by atoms with van der Waals surface area (Å²) in [7, 11) is 1.35. The van der Waals surface area contributed by atoms with Crippen molar-refractivity contribution < 1.29 is 9.53 Å². The summed E-state index contributed by atoms with van der Waals surface area (Å²) in [4.78, 5) is 19.5. The minimum atomic E-state index is -0.370. The first-order valence-electron chi connectivity index (χ1n) is 4.02. The van der Waals surface area contributed by atoms with Crippen molar-refractivity contribution in [2.45, 2.75) is 6.92 Å². The van der Waals surface area contributed by atoms with Crippen LogP contribution in [-0.4, -0.2) is 23.0 Å². The van der Waals surface area contributed by atoms with Gasteiger partial charge in [-0.2, -0.15) is 0 Å². The van der Waals surface area contributed by atoms with Gasteiger partial charge in [0.25, 0.3) is 0 Å². The first-order valence-corrected chi connectivity index (χ1v) is 4.84. The lowest BCUT2D eigenvalue weighted by molar-refractivity contribution is 0.0600. The molecule has 0 fully saturated rings. The second-order valence-electron chi connectivity index (χ2n) is 2.77. The fourth-order valence-corrected chi connectivity index (χ4v) is 1.98. The molecule has 0 bridgehead atoms. The standard InChI is InChI=1S/C9H8N2O2S/c1-5-11-8-7(14-5)3-6(4-10-8)9(12)13-2/h3-4H,1-2H3. The molecule has 2 rings (SSSR count). The third-order valence-corrected chi connectivity index (χ3v) is 2.68. The van der Waals surface area contributed by atoms with Crippen LogP contribution in [0.2, 0.25) is 0 Å². The predicted molar refractivity (Wildman–Crippen MR) is 53.5 cm³/mol. The molecule has 0 aliphatic carbocycles. The van der Waals surface area contributed by atoms with Crippen molar-refractivity contribution in [2.24, 2.45) is 0 Å². The Morgan fingerprint density at radius 1 is 1.57 bits per heavy atom. The number of hydrogen-bond donors (Lipinski definition) is 0. The fourth-order valence-electron chi connectivity index (χ4n) is 1.16. The molecule has 0 amide bonds. The van der Waals surface area contributed by atoms with Crippen molar-refractivity contribution in [3.05, 3.63) is 22.8 Å². The van der Waals surface area contributed by atoms with Crippen LogP contribution < -0.4 is 0 Å². The minimum Gasteiger partial charge on any atom is -0.465 e. The molecule has 2 aromatic heterocycles. The molecule has 0 N–H and O–H groups in total. The lowest BCUT2D eigenvalue weighted by atomic mass is 10.3. The number of carbonyl (C=O) groups excluding carboxylic acids is 1. The van der Waals surface area contributed by atoms with Crippen LogP contribution in [0, 0.1) is 6.92 Å². The van der Waals surface area contributed by atoms with E-state index in [0.29, 0.717) is 11.2 Å². The highest BCUT2D eigenvalue weighted by molar-refractivity contribution is 7.18. The lowest BCUT2D eigenvalue weighted by Gasteiger charge is -1.96. The Balaban J connectivity index is 2.55. The molecule has 0 radical (unpaired) electrons. The molecule has 0 aromatic carbocycles. The van der Waals surface area contributed by atoms with E-state index in [1.807, 2.05) is 6.92 Å². The third-order valence-electron chi connectivity index (χ3n) is 1.78. The van der Waals surface area contributed by atoms with Crippen LogP contribution in [0.5, 0.6) is 0 Å². The number of pyridine rings is 1. The molecule has 0 unspecified atom stereocenters. The Labute approximate surface area is 84.6 Å². The van der Waals surface area contributed by atoms with Gasteiger partial charge in [-0.05, 0) is 13.0 Å². The number of aromatic nitrogens is 2. The van der Waals surface area contributed by atoms with Gasteiger partial charge in [0.05, 0.1) is 22.4 Å². The van der Waals surface area contributed by atoms with Gasteiger partial charge in [0.15, 0.2) is 5.65 Å². The first kappa shape index (κ1) is 9.08. The maximum absolute atomic E-state index is 11.2. The van der Waals surface area contributed by atoms with E-state index in [2.05, 4.69) is 14.7 Å². The van der Waals surface area contributed by atoms with Gasteiger partial charge < -0.3 is 4.74 Å². The summed E-state index contributed by atoms with van der Waals surface area (Å²) in [5, 5.41) is 0.939. The summed E-state index contributed by atoms with van der Waals surface area (Å²) >= 11 is 1.51. The minimum absolute atomic E-state index is 0.370. The number of rotatable bonds is 1. The molecule has 0 saturated heterocycles. The molecule has 14 heavy (non-hydrogen) atoms. The fraction of sp³-hybridized carbons (Fsp3) is 0.222. The van der Waals surface area contributed by atoms with Gasteiger partial charge in [0.2, 0.25) is 0 Å². The molecule has 4 nitrogen and oxygen atoms in total. The highest BCUT2D eigenvalue weighted by atomic mass is 32.1. The zero-order valence-electron chi connectivity index (χ0n) is 7.77. The first-order chi connectivity index (χ1) is 6.70. The monoisotopic (exact) mass is 208 g/mol. The smallest absolute Gasteiger partial charge is 0.339 e. The number of esters is 1. The topological polar surface area (TPSA) is 52.1 Å². The van der Waals surface area contributed by atoms with Crippen molar-refractivity contribution in [3.8, 4) is 0 Å². The van der Waals surface area contributed by atoms with E-state index < -0.39 is 0 Å². The molecule has 0 aliphatic heterocycles. The summed E-state index contributed by atoms with van der Waals surface area (Å²) in [5.74, 6) is -0.370. The van der Waals surface area contributed by atoms with E-state index in [9.17, 15) is 4.79 Å². The SMILES string of the molecule is COC(=O)c1cnc2nc(C)sc2c1. The summed E-state index contributed by atoms with van der Waals surface area (Å²) in [6.45, 7) is 1.91. The van der Waals surface area contributed by atoms with E-state index in [0.717, 1.165) is 9.71 Å². The van der Waals surface area contributed by atoms with Crippen LogP contribution in [0.1, 0.15) is 15.4 Å². The van der Waals surface area contributed by atoms with Crippen LogP contribution in [0.3, 0.4) is 0 Å². The Morgan fingerprint density at radius 2 is 2.36 bits per heavy atom. The molecule has 72 valence electrons. The van der Waals surface area contributed by atoms with Gasteiger partial charge in [-0.25, -0.2) is 14.8 Å². The quantitative estimate of drug-likeness (QED) is 0.670. The van der Waals surface area contributed by atoms with Gasteiger partial charge >= 0.3 is 5.97 Å². The number of fused-ring (bicyclic) bond motifs is 1. The van der Waals surface area contributed by atoms with Gasteiger partial charge in [-0.15, -0.1) is 11.3 Å². The van der Waals surface area contributed by atoms with Crippen molar-refractivity contribution in [2.75, 3.05) is 7.11 Å². The van der Waals surface area contributed by atoms with E-state index in [1.165, 1.54) is 24.6 Å². The molecule has 0 atom stereocenters. The summed E-state index contributed by atoms with van der Waals surface area (Å²) in [6.07, 6.45) is 1.48. The largest absolute Gasteiger partial charge is 0.465 e. The number of ether oxygens (including phenoxy) is 1. The number of hydrogen-bond acceptors (Lipinski definition) is 5. The van der Waals surface area contributed by atoms with E-state index in [4.69, 9.17) is 0 Å². The maximum Gasteiger partial charge on any atom is 0.339 e. The molecular weight excluding hydrogens is 200 g/mol. The van der Waals surface area contributed by atoms with Crippen LogP contribution in [0.4, 0.5) is 0 Å². The zero-order valence-corrected chi connectivity index (χ0v) is 8.59. The summed E-state index contributed by atoms with van der Waals surface area (Å²) < 4.78 is 5.51. The normalized spacial score (nSPS) is 10.4. The molecule has 2 aromatic rings. The molecule has 0 spiro atoms. The van der Waals surface area contributed by atoms with Crippen LogP contribution in [0.25, 0.3) is 10.3 Å². The predicted octanol–water partition coefficient (Wildman–Crippen LogP) is 1.79. The summed E-state index contributed by atoms with van der Waals surface area (Å²) in [6, 6.07) is 1.75. The van der Waals surface area contributed by atoms with Crippen molar-refractivity contribution >= 4 is 27.7 Å². The number of methoxy groups -OCH3 is 1. The molecule has 2 heterocycles. The van der Waals surface area contributed by atoms with Crippen molar-refractivity contribution in [3.63, 3.8) is 0 Å². The highest BCUT2D eigenvalue weighted by Crippen LogP contribution is 2.20. The summed E-state index contributed by atoms with van der Waals surface area (Å²) in [5.41, 5.74) is 1.14. The number of carbonyl (C=O) groups is 1. The second-order valence-corrected chi connectivity index (χ2v) is 4.00. The van der Waals surface area contributed by atoms with E-state index in [-0.39, 0.29) is 5.97 Å². The lowest BCUT2D eigenvalue weighted by Crippen LogP contribution is -2.01. The average molecular weight is 208 g/mol. The van der Waals surface area contributed by atoms with E-state index in [1.54, 1.807) is 6.07 Å². The van der Waals surface area contributed by atoms with Gasteiger partial charge in [-0.3, -0.25) is 0 Å². The van der Waals surface area contributed by atoms with Gasteiger partial charge in [0.1, 0.15) is 0 Å². The molecule has 0 aliphatic rings. The number of thiazole rings is 1. The Morgan fingerprint density at radius 3 is 3.07 bits per heavy atom. The van der Waals surface area contributed by atoms with E-state index >= 15 is 0 Å².